The van der Waals surface area contributed by atoms with Gasteiger partial charge in [-0.15, -0.1) is 0 Å². The number of halogens is 3. The second-order valence-electron chi connectivity index (χ2n) is 8.68. The number of carbonyl (C=O) groups is 2. The monoisotopic (exact) mass is 526 g/mol. The number of carboxylic acid groups (broad SMARTS) is 1. The number of hydrogen-bond donors (Lipinski definition) is 2. The van der Waals surface area contributed by atoms with Crippen LogP contribution in [0.4, 0.5) is 14.5 Å². The first kappa shape index (κ1) is 21.1. The molecule has 0 bridgehead atoms. The molecule has 1 aliphatic rings. The van der Waals surface area contributed by atoms with Crippen molar-refractivity contribution in [3.8, 4) is 5.75 Å². The van der Waals surface area contributed by atoms with Gasteiger partial charge in [-0.1, -0.05) is 54.0 Å². The van der Waals surface area contributed by atoms with Crippen molar-refractivity contribution in [3.63, 3.8) is 0 Å². The van der Waals surface area contributed by atoms with Crippen LogP contribution in [0, 0.1) is 5.41 Å². The van der Waals surface area contributed by atoms with E-state index in [9.17, 15) is 23.5 Å². The van der Waals surface area contributed by atoms with Crippen molar-refractivity contribution in [2.24, 2.45) is 5.41 Å². The Morgan fingerprint density at radius 2 is 1.82 bits per heavy atom. The van der Waals surface area contributed by atoms with Gasteiger partial charge in [0.2, 0.25) is 5.91 Å². The van der Waals surface area contributed by atoms with Crippen LogP contribution in [0.2, 0.25) is 0 Å². The number of anilines is 1. The fraction of sp³-hybridized carbons (Fsp3) is 0.440. The molecule has 3 rings (SSSR count). The number of alkyl halides is 2. The summed E-state index contributed by atoms with van der Waals surface area (Å²) in [5, 5.41) is 12.6. The molecule has 1 amide bonds. The zero-order chi connectivity index (χ0) is 26.9. The Bertz CT molecular complexity index is 1130. The third-order valence-electron chi connectivity index (χ3n) is 6.31. The Morgan fingerprint density at radius 3 is 2.39 bits per heavy atom. The van der Waals surface area contributed by atoms with Crippen molar-refractivity contribution in [1.82, 2.24) is 0 Å². The second kappa shape index (κ2) is 9.79. The summed E-state index contributed by atoms with van der Waals surface area (Å²) in [4.78, 5) is 26.1. The number of aliphatic carboxylic acids is 1. The van der Waals surface area contributed by atoms with Gasteiger partial charge in [-0.25, -0.2) is 0 Å². The summed E-state index contributed by atoms with van der Waals surface area (Å²) in [6.07, 6.45) is -0.595. The van der Waals surface area contributed by atoms with Gasteiger partial charge >= 0.3 is 12.6 Å². The van der Waals surface area contributed by atoms with E-state index in [1.165, 1.54) is 12.1 Å². The van der Waals surface area contributed by atoms with E-state index in [0.29, 0.717) is 10.0 Å². The van der Waals surface area contributed by atoms with Gasteiger partial charge in [-0.2, -0.15) is 8.78 Å². The van der Waals surface area contributed by atoms with E-state index in [4.69, 9.17) is 4.11 Å². The quantitative estimate of drug-likeness (QED) is 0.420. The van der Waals surface area contributed by atoms with E-state index in [2.05, 4.69) is 26.0 Å². The van der Waals surface area contributed by atoms with Crippen molar-refractivity contribution in [2.75, 3.05) is 5.32 Å². The molecule has 0 heterocycles. The molecule has 33 heavy (non-hydrogen) atoms. The van der Waals surface area contributed by atoms with Crippen molar-refractivity contribution in [3.05, 3.63) is 58.1 Å². The standard InChI is InChI=1S/C25H28BrF2NO4/c1-15(2)17-6-4-5-7-18(17)25(12-10-24(3,11-13-25)22(31)32)21(30)29-19-9-8-16(26)14-20(19)33-23(27)28/h4-9,14-15,23H,10-13H2,1-3H3,(H,29,30)(H,31,32)/i3D3. The highest BCUT2D eigenvalue weighted by atomic mass is 79.9. The second-order valence-corrected chi connectivity index (χ2v) is 9.60. The number of benzene rings is 2. The molecular formula is C25H28BrF2NO4. The molecule has 1 aliphatic carbocycles. The summed E-state index contributed by atoms with van der Waals surface area (Å²) in [5.74, 6) is -2.18. The molecule has 0 aliphatic heterocycles. The third-order valence-corrected chi connectivity index (χ3v) is 6.80. The van der Waals surface area contributed by atoms with Crippen LogP contribution in [-0.2, 0) is 15.0 Å². The van der Waals surface area contributed by atoms with Gasteiger partial charge in [0, 0.05) is 8.58 Å². The molecule has 178 valence electrons. The number of carbonyl (C=O) groups excluding carboxylic acids is 1. The summed E-state index contributed by atoms with van der Waals surface area (Å²) in [6.45, 7) is -1.96. The van der Waals surface area contributed by atoms with E-state index < -0.39 is 36.2 Å². The van der Waals surface area contributed by atoms with Crippen molar-refractivity contribution < 1.29 is 32.3 Å². The van der Waals surface area contributed by atoms with Crippen molar-refractivity contribution in [1.29, 1.82) is 0 Å². The number of nitrogens with one attached hydrogen (secondary N) is 1. The van der Waals surface area contributed by atoms with Gasteiger partial charge in [-0.3, -0.25) is 9.59 Å². The van der Waals surface area contributed by atoms with Gasteiger partial charge in [0.15, 0.2) is 5.75 Å². The Hall–Kier alpha value is -2.48. The first-order valence-corrected chi connectivity index (χ1v) is 11.4. The van der Waals surface area contributed by atoms with Gasteiger partial charge in [0.25, 0.3) is 0 Å². The average molecular weight is 527 g/mol. The topological polar surface area (TPSA) is 75.6 Å². The minimum Gasteiger partial charge on any atom is -0.481 e. The van der Waals surface area contributed by atoms with Crippen LogP contribution in [0.15, 0.2) is 46.9 Å². The van der Waals surface area contributed by atoms with Crippen molar-refractivity contribution in [2.45, 2.75) is 64.3 Å². The fourth-order valence-corrected chi connectivity index (χ4v) is 4.75. The maximum absolute atomic E-state index is 14.0. The number of ether oxygens (including phenoxy) is 1. The molecule has 0 atom stereocenters. The number of rotatable bonds is 7. The smallest absolute Gasteiger partial charge is 0.387 e. The van der Waals surface area contributed by atoms with Crippen LogP contribution in [0.3, 0.4) is 0 Å². The molecule has 0 saturated heterocycles. The molecule has 8 heteroatoms. The Morgan fingerprint density at radius 1 is 1.15 bits per heavy atom. The van der Waals surface area contributed by atoms with Crippen LogP contribution in [-0.4, -0.2) is 23.6 Å². The lowest BCUT2D eigenvalue weighted by Gasteiger charge is -2.43. The van der Waals surface area contributed by atoms with Crippen LogP contribution in [0.1, 0.15) is 67.5 Å². The van der Waals surface area contributed by atoms with E-state index in [-0.39, 0.29) is 43.0 Å². The summed E-state index contributed by atoms with van der Waals surface area (Å²) in [5.41, 5.74) is -1.71. The summed E-state index contributed by atoms with van der Waals surface area (Å²) in [7, 11) is 0. The highest BCUT2D eigenvalue weighted by Gasteiger charge is 2.50. The highest BCUT2D eigenvalue weighted by Crippen LogP contribution is 2.49. The predicted octanol–water partition coefficient (Wildman–Crippen LogP) is 6.72. The van der Waals surface area contributed by atoms with Crippen molar-refractivity contribution >= 4 is 33.5 Å². The van der Waals surface area contributed by atoms with E-state index >= 15 is 0 Å². The average Bonchev–Trinajstić information content (AvgIpc) is 2.79. The van der Waals surface area contributed by atoms with Crippen LogP contribution in [0.5, 0.6) is 5.75 Å². The van der Waals surface area contributed by atoms with Crippen LogP contribution < -0.4 is 10.1 Å². The lowest BCUT2D eigenvalue weighted by molar-refractivity contribution is -0.151. The molecular weight excluding hydrogens is 496 g/mol. The maximum atomic E-state index is 14.0. The number of carboxylic acids is 1. The SMILES string of the molecule is [2H]C([2H])([2H])C1(C(=O)O)CCC(C(=O)Nc2ccc(Br)cc2OC(F)F)(c2ccccc2C(C)C)CC1. The number of hydrogen-bond acceptors (Lipinski definition) is 3. The molecule has 0 aromatic heterocycles. The van der Waals surface area contributed by atoms with Crippen LogP contribution >= 0.6 is 15.9 Å². The summed E-state index contributed by atoms with van der Waals surface area (Å²) < 4.78 is 54.8. The van der Waals surface area contributed by atoms with Crippen LogP contribution in [0.25, 0.3) is 0 Å². The molecule has 1 fully saturated rings. The molecule has 2 aromatic rings. The lowest BCUT2D eigenvalue weighted by atomic mass is 9.60. The highest BCUT2D eigenvalue weighted by molar-refractivity contribution is 9.10. The first-order chi connectivity index (χ1) is 16.7. The largest absolute Gasteiger partial charge is 0.481 e. The minimum absolute atomic E-state index is 0.0186. The Labute approximate surface area is 204 Å². The van der Waals surface area contributed by atoms with E-state index in [0.717, 1.165) is 5.56 Å². The molecule has 0 spiro atoms. The van der Waals surface area contributed by atoms with E-state index in [1.807, 2.05) is 26.0 Å². The zero-order valence-electron chi connectivity index (χ0n) is 21.3. The molecule has 0 radical (unpaired) electrons. The predicted molar refractivity (Wildman–Crippen MR) is 126 cm³/mol. The third kappa shape index (κ3) is 5.21. The molecule has 2 N–H and O–H groups in total. The molecule has 1 saturated carbocycles. The normalized spacial score (nSPS) is 24.6. The fourth-order valence-electron chi connectivity index (χ4n) is 4.41. The molecule has 5 nitrogen and oxygen atoms in total. The Kier molecular flexibility index (Phi) is 6.25. The molecule has 0 unspecified atom stereocenters. The maximum Gasteiger partial charge on any atom is 0.387 e. The van der Waals surface area contributed by atoms with Gasteiger partial charge in [-0.05, 0) is 67.8 Å². The zero-order valence-corrected chi connectivity index (χ0v) is 19.9. The van der Waals surface area contributed by atoms with Gasteiger partial charge in [0.1, 0.15) is 0 Å². The summed E-state index contributed by atoms with van der Waals surface area (Å²) in [6, 6.07) is 11.6. The van der Waals surface area contributed by atoms with Gasteiger partial charge < -0.3 is 15.2 Å². The molecule has 2 aromatic carbocycles. The summed E-state index contributed by atoms with van der Waals surface area (Å²) >= 11 is 3.20. The number of amides is 1. The lowest BCUT2D eigenvalue weighted by Crippen LogP contribution is -2.47. The Balaban J connectivity index is 2.10. The minimum atomic E-state index is -3.12. The van der Waals surface area contributed by atoms with E-state index in [1.54, 1.807) is 18.2 Å². The first-order valence-electron chi connectivity index (χ1n) is 12.1. The van der Waals surface area contributed by atoms with Gasteiger partial charge in [0.05, 0.1) is 16.5 Å².